The van der Waals surface area contributed by atoms with E-state index in [1.807, 2.05) is 36.4 Å². The molecule has 3 nitrogen and oxygen atoms in total. The zero-order valence-electron chi connectivity index (χ0n) is 9.34. The lowest BCUT2D eigenvalue weighted by Gasteiger charge is -2.15. The van der Waals surface area contributed by atoms with Crippen LogP contribution in [0.4, 0.5) is 0 Å². The SMILES string of the molecule is O=C1OC2=CC=C3C(=Cc4ccccc43)C2C1=O. The zero-order chi connectivity index (χ0) is 12.3. The van der Waals surface area contributed by atoms with E-state index >= 15 is 0 Å². The second kappa shape index (κ2) is 3.07. The molecule has 0 N–H and O–H groups in total. The van der Waals surface area contributed by atoms with E-state index in [0.717, 1.165) is 22.3 Å². The highest BCUT2D eigenvalue weighted by atomic mass is 16.6. The maximum Gasteiger partial charge on any atom is 0.380 e. The normalized spacial score (nSPS) is 23.6. The number of carbonyl (C=O) groups excluding carboxylic acids is 2. The molecule has 0 amide bonds. The molecule has 1 heterocycles. The summed E-state index contributed by atoms with van der Waals surface area (Å²) < 4.78 is 4.97. The molecular weight excluding hydrogens is 228 g/mol. The van der Waals surface area contributed by atoms with E-state index in [9.17, 15) is 9.59 Å². The van der Waals surface area contributed by atoms with Gasteiger partial charge in [-0.3, -0.25) is 4.79 Å². The zero-order valence-corrected chi connectivity index (χ0v) is 9.34. The number of esters is 1. The Morgan fingerprint density at radius 2 is 1.89 bits per heavy atom. The maximum absolute atomic E-state index is 11.8. The molecule has 0 radical (unpaired) electrons. The van der Waals surface area contributed by atoms with Crippen LogP contribution < -0.4 is 0 Å². The molecule has 0 saturated carbocycles. The number of rotatable bonds is 0. The molecule has 1 unspecified atom stereocenters. The van der Waals surface area contributed by atoms with Crippen molar-refractivity contribution in [1.29, 1.82) is 0 Å². The highest BCUT2D eigenvalue weighted by Crippen LogP contribution is 2.46. The summed E-state index contributed by atoms with van der Waals surface area (Å²) in [5, 5.41) is 0. The van der Waals surface area contributed by atoms with E-state index in [-0.39, 0.29) is 0 Å². The van der Waals surface area contributed by atoms with Crippen molar-refractivity contribution in [2.75, 3.05) is 0 Å². The van der Waals surface area contributed by atoms with Gasteiger partial charge in [-0.1, -0.05) is 30.3 Å². The molecule has 0 spiro atoms. The van der Waals surface area contributed by atoms with Crippen molar-refractivity contribution < 1.29 is 14.3 Å². The summed E-state index contributed by atoms with van der Waals surface area (Å²) in [6.07, 6.45) is 5.61. The van der Waals surface area contributed by atoms with Gasteiger partial charge in [0.15, 0.2) is 0 Å². The van der Waals surface area contributed by atoms with Crippen LogP contribution >= 0.6 is 0 Å². The molecule has 18 heavy (non-hydrogen) atoms. The Kier molecular flexibility index (Phi) is 1.64. The molecule has 3 heteroatoms. The minimum atomic E-state index is -0.752. The van der Waals surface area contributed by atoms with Crippen molar-refractivity contribution in [2.24, 2.45) is 5.92 Å². The first-order valence-electron chi connectivity index (χ1n) is 5.75. The van der Waals surface area contributed by atoms with Crippen LogP contribution in [-0.4, -0.2) is 11.8 Å². The quantitative estimate of drug-likeness (QED) is 0.512. The minimum Gasteiger partial charge on any atom is -0.424 e. The maximum atomic E-state index is 11.8. The van der Waals surface area contributed by atoms with Crippen LogP contribution in [-0.2, 0) is 14.3 Å². The Bertz CT molecular complexity index is 704. The fourth-order valence-corrected chi connectivity index (χ4v) is 2.75. The second-order valence-corrected chi connectivity index (χ2v) is 4.52. The summed E-state index contributed by atoms with van der Waals surface area (Å²) in [6.45, 7) is 0. The number of Topliss-reactive ketones (excluding diaryl/α,β-unsaturated/α-hetero) is 1. The smallest absolute Gasteiger partial charge is 0.380 e. The number of hydrogen-bond donors (Lipinski definition) is 0. The number of hydrogen-bond acceptors (Lipinski definition) is 3. The minimum absolute atomic E-state index is 0.452. The number of ether oxygens (including phenoxy) is 1. The van der Waals surface area contributed by atoms with E-state index in [4.69, 9.17) is 4.74 Å². The lowest BCUT2D eigenvalue weighted by Crippen LogP contribution is -2.17. The molecule has 0 aromatic heterocycles. The lowest BCUT2D eigenvalue weighted by atomic mass is 9.85. The number of ketones is 1. The average Bonchev–Trinajstić information content (AvgIpc) is 2.88. The third kappa shape index (κ3) is 1.03. The first kappa shape index (κ1) is 9.59. The predicted molar refractivity (Wildman–Crippen MR) is 65.1 cm³/mol. The molecule has 1 atom stereocenters. The fourth-order valence-electron chi connectivity index (χ4n) is 2.75. The van der Waals surface area contributed by atoms with Crippen molar-refractivity contribution >= 4 is 23.4 Å². The molecule has 1 fully saturated rings. The number of allylic oxidation sites excluding steroid dienone is 4. The van der Waals surface area contributed by atoms with Crippen LogP contribution in [0, 0.1) is 5.92 Å². The van der Waals surface area contributed by atoms with Crippen molar-refractivity contribution in [1.82, 2.24) is 0 Å². The first-order chi connectivity index (χ1) is 8.75. The van der Waals surface area contributed by atoms with Gasteiger partial charge < -0.3 is 4.74 Å². The Hall–Kier alpha value is -2.42. The number of fused-ring (bicyclic) bond motifs is 5. The summed E-state index contributed by atoms with van der Waals surface area (Å²) in [6, 6.07) is 7.95. The van der Waals surface area contributed by atoms with Crippen LogP contribution in [0.1, 0.15) is 11.1 Å². The molecule has 2 aliphatic carbocycles. The van der Waals surface area contributed by atoms with Crippen LogP contribution in [0.3, 0.4) is 0 Å². The monoisotopic (exact) mass is 236 g/mol. The van der Waals surface area contributed by atoms with E-state index in [0.29, 0.717) is 5.76 Å². The highest BCUT2D eigenvalue weighted by Gasteiger charge is 2.45. The van der Waals surface area contributed by atoms with Gasteiger partial charge in [0.05, 0.1) is 0 Å². The molecule has 3 aliphatic rings. The van der Waals surface area contributed by atoms with Gasteiger partial charge in [0, 0.05) is 0 Å². The Morgan fingerprint density at radius 3 is 2.78 bits per heavy atom. The Morgan fingerprint density at radius 1 is 1.06 bits per heavy atom. The van der Waals surface area contributed by atoms with Gasteiger partial charge in [-0.2, -0.15) is 0 Å². The largest absolute Gasteiger partial charge is 0.424 e. The van der Waals surface area contributed by atoms with Crippen LogP contribution in [0.2, 0.25) is 0 Å². The standard InChI is InChI=1S/C15H8O3/c16-14-13-11-7-8-3-1-2-4-9(8)10(11)5-6-12(13)18-15(14)17/h1-7,13H. The predicted octanol–water partition coefficient (Wildman–Crippen LogP) is 2.11. The van der Waals surface area contributed by atoms with Gasteiger partial charge in [0.1, 0.15) is 11.7 Å². The van der Waals surface area contributed by atoms with E-state index in [1.54, 1.807) is 6.08 Å². The van der Waals surface area contributed by atoms with Crippen LogP contribution in [0.5, 0.6) is 0 Å². The van der Waals surface area contributed by atoms with Crippen LogP contribution in [0.15, 0.2) is 47.7 Å². The third-order valence-electron chi connectivity index (χ3n) is 3.56. The fraction of sp³-hybridized carbons (Fsp3) is 0.0667. The molecule has 1 aromatic rings. The molecular formula is C15H8O3. The van der Waals surface area contributed by atoms with E-state index < -0.39 is 17.7 Å². The highest BCUT2D eigenvalue weighted by molar-refractivity contribution is 6.39. The van der Waals surface area contributed by atoms with Gasteiger partial charge in [-0.15, -0.1) is 0 Å². The van der Waals surface area contributed by atoms with Gasteiger partial charge in [0.2, 0.25) is 0 Å². The van der Waals surface area contributed by atoms with Gasteiger partial charge in [-0.05, 0) is 34.4 Å². The van der Waals surface area contributed by atoms with Crippen molar-refractivity contribution in [2.45, 2.75) is 0 Å². The van der Waals surface area contributed by atoms with E-state index in [2.05, 4.69) is 0 Å². The van der Waals surface area contributed by atoms with Gasteiger partial charge in [0.25, 0.3) is 5.78 Å². The first-order valence-corrected chi connectivity index (χ1v) is 5.75. The summed E-state index contributed by atoms with van der Waals surface area (Å²) in [7, 11) is 0. The Labute approximate surface area is 103 Å². The molecule has 1 aliphatic heterocycles. The lowest BCUT2D eigenvalue weighted by molar-refractivity contribution is -0.146. The Balaban J connectivity index is 1.93. The number of carbonyl (C=O) groups is 2. The molecule has 0 bridgehead atoms. The summed E-state index contributed by atoms with van der Waals surface area (Å²) in [4.78, 5) is 23.2. The molecule has 86 valence electrons. The summed E-state index contributed by atoms with van der Waals surface area (Å²) >= 11 is 0. The van der Waals surface area contributed by atoms with E-state index in [1.165, 1.54) is 0 Å². The summed E-state index contributed by atoms with van der Waals surface area (Å²) in [5.74, 6) is -1.30. The average molecular weight is 236 g/mol. The topological polar surface area (TPSA) is 43.4 Å². The van der Waals surface area contributed by atoms with Crippen molar-refractivity contribution in [3.8, 4) is 0 Å². The second-order valence-electron chi connectivity index (χ2n) is 4.52. The summed E-state index contributed by atoms with van der Waals surface area (Å²) in [5.41, 5.74) is 4.09. The third-order valence-corrected chi connectivity index (χ3v) is 3.56. The van der Waals surface area contributed by atoms with Gasteiger partial charge >= 0.3 is 5.97 Å². The molecule has 1 aromatic carbocycles. The van der Waals surface area contributed by atoms with Gasteiger partial charge in [-0.25, -0.2) is 4.79 Å². The van der Waals surface area contributed by atoms with Crippen molar-refractivity contribution in [3.63, 3.8) is 0 Å². The molecule has 1 saturated heterocycles. The van der Waals surface area contributed by atoms with Crippen molar-refractivity contribution in [3.05, 3.63) is 58.9 Å². The molecule has 4 rings (SSSR count). The number of benzene rings is 1. The van der Waals surface area contributed by atoms with Crippen LogP contribution in [0.25, 0.3) is 11.6 Å².